The number of halogens is 1. The van der Waals surface area contributed by atoms with Gasteiger partial charge < -0.3 is 40.6 Å². The number of rotatable bonds is 17. The average molecular weight is 576 g/mol. The molecule has 0 atom stereocenters. The minimum atomic E-state index is 0.432. The van der Waals surface area contributed by atoms with E-state index < -0.39 is 0 Å². The Morgan fingerprint density at radius 1 is 0.703 bits per heavy atom. The summed E-state index contributed by atoms with van der Waals surface area (Å²) in [5.74, 6) is 2.65. The highest BCUT2D eigenvalue weighted by Gasteiger charge is 2.09. The number of nitrogens with one attached hydrogen (secondary N) is 3. The third-order valence-electron chi connectivity index (χ3n) is 5.06. The quantitative estimate of drug-likeness (QED) is 0.176. The first-order valence-corrected chi connectivity index (χ1v) is 12.7. The van der Waals surface area contributed by atoms with Crippen molar-refractivity contribution in [3.63, 3.8) is 0 Å². The van der Waals surface area contributed by atoms with Crippen LogP contribution in [0, 0.1) is 0 Å². The minimum absolute atomic E-state index is 0.432. The molecule has 2 aromatic carbocycles. The third kappa shape index (κ3) is 10.00. The van der Waals surface area contributed by atoms with Gasteiger partial charge in [-0.1, -0.05) is 34.1 Å². The second-order valence-electron chi connectivity index (χ2n) is 7.77. The number of nitrogens with two attached hydrogens (primary N) is 1. The van der Waals surface area contributed by atoms with Crippen molar-refractivity contribution in [3.05, 3.63) is 58.1 Å². The molecule has 0 aliphatic heterocycles. The van der Waals surface area contributed by atoms with Gasteiger partial charge in [-0.05, 0) is 35.4 Å². The lowest BCUT2D eigenvalue weighted by atomic mass is 10.2. The predicted molar refractivity (Wildman–Crippen MR) is 147 cm³/mol. The second-order valence-corrected chi connectivity index (χ2v) is 8.69. The lowest BCUT2D eigenvalue weighted by Crippen LogP contribution is -2.17. The molecule has 5 N–H and O–H groups in total. The first-order chi connectivity index (χ1) is 18.1. The molecule has 11 nitrogen and oxygen atoms in total. The molecule has 12 heteroatoms. The molecule has 0 saturated heterocycles. The Balaban J connectivity index is 1.62. The van der Waals surface area contributed by atoms with E-state index in [4.69, 9.17) is 24.7 Å². The topological polar surface area (TPSA) is 138 Å². The van der Waals surface area contributed by atoms with Gasteiger partial charge in [-0.3, -0.25) is 0 Å². The molecule has 1 aromatic heterocycles. The first kappa shape index (κ1) is 28.4. The summed E-state index contributed by atoms with van der Waals surface area (Å²) >= 11 is 3.46. The highest BCUT2D eigenvalue weighted by molar-refractivity contribution is 9.10. The zero-order valence-electron chi connectivity index (χ0n) is 21.1. The Bertz CT molecular complexity index is 1090. The first-order valence-electron chi connectivity index (χ1n) is 11.9. The van der Waals surface area contributed by atoms with Gasteiger partial charge in [-0.25, -0.2) is 0 Å². The van der Waals surface area contributed by atoms with E-state index in [0.29, 0.717) is 82.0 Å². The molecular weight excluding hydrogens is 542 g/mol. The molecule has 0 amide bonds. The van der Waals surface area contributed by atoms with Crippen LogP contribution in [0.4, 0.5) is 17.8 Å². The lowest BCUT2D eigenvalue weighted by Gasteiger charge is -2.13. The molecule has 0 bridgehead atoms. The van der Waals surface area contributed by atoms with Gasteiger partial charge >= 0.3 is 0 Å². The lowest BCUT2D eigenvalue weighted by molar-refractivity contribution is 0.0547. The number of methoxy groups -OCH3 is 2. The van der Waals surface area contributed by atoms with Crippen LogP contribution in [0.3, 0.4) is 0 Å². The summed E-state index contributed by atoms with van der Waals surface area (Å²) in [6, 6.07) is 13.8. The number of nitrogens with zero attached hydrogens (tertiary/aromatic N) is 3. The van der Waals surface area contributed by atoms with Crippen molar-refractivity contribution < 1.29 is 18.9 Å². The van der Waals surface area contributed by atoms with Gasteiger partial charge in [0.15, 0.2) is 11.5 Å². The van der Waals surface area contributed by atoms with Crippen molar-refractivity contribution in [2.75, 3.05) is 69.7 Å². The molecule has 37 heavy (non-hydrogen) atoms. The van der Waals surface area contributed by atoms with Crippen molar-refractivity contribution in [1.29, 1.82) is 0 Å². The Morgan fingerprint density at radius 3 is 1.89 bits per heavy atom. The van der Waals surface area contributed by atoms with Crippen molar-refractivity contribution in [3.8, 4) is 11.5 Å². The average Bonchev–Trinajstić information content (AvgIpc) is 2.92. The van der Waals surface area contributed by atoms with E-state index in [9.17, 15) is 0 Å². The fourth-order valence-corrected chi connectivity index (χ4v) is 3.47. The van der Waals surface area contributed by atoms with Crippen LogP contribution in [0.25, 0.3) is 0 Å². The maximum Gasteiger partial charge on any atom is 0.229 e. The van der Waals surface area contributed by atoms with E-state index in [0.717, 1.165) is 15.6 Å². The van der Waals surface area contributed by atoms with Crippen LogP contribution in [0.5, 0.6) is 11.5 Å². The maximum atomic E-state index is 5.57. The summed E-state index contributed by atoms with van der Waals surface area (Å²) in [6.45, 7) is 4.10. The minimum Gasteiger partial charge on any atom is -0.493 e. The summed E-state index contributed by atoms with van der Waals surface area (Å²) in [6.07, 6.45) is 0. The fourth-order valence-electron chi connectivity index (χ4n) is 3.21. The standard InChI is InChI=1S/C25H34BrN7O4/c1-34-21-8-5-19(15-22(21)35-2)17-30-25-32-23(28-10-12-37-14-13-36-11-9-27)31-24(33-25)29-16-18-3-6-20(26)7-4-18/h3-8,15H,9-14,16-17,27H2,1-2H3,(H3,28,29,30,31,32,33). The summed E-state index contributed by atoms with van der Waals surface area (Å²) in [4.78, 5) is 13.5. The van der Waals surface area contributed by atoms with E-state index in [1.807, 2.05) is 42.5 Å². The van der Waals surface area contributed by atoms with Gasteiger partial charge in [0.2, 0.25) is 17.8 Å². The molecule has 200 valence electrons. The fraction of sp³-hybridized carbons (Fsp3) is 0.400. The SMILES string of the molecule is COc1ccc(CNc2nc(NCCOCCOCCN)nc(NCc3ccc(Br)cc3)n2)cc1OC. The number of aromatic nitrogens is 3. The molecule has 0 radical (unpaired) electrons. The van der Waals surface area contributed by atoms with Gasteiger partial charge in [-0.2, -0.15) is 15.0 Å². The number of anilines is 3. The summed E-state index contributed by atoms with van der Waals surface area (Å²) in [5, 5.41) is 9.73. The van der Waals surface area contributed by atoms with Crippen LogP contribution in [0.1, 0.15) is 11.1 Å². The van der Waals surface area contributed by atoms with Crippen molar-refractivity contribution in [2.24, 2.45) is 5.73 Å². The van der Waals surface area contributed by atoms with Crippen LogP contribution in [0.2, 0.25) is 0 Å². The summed E-state index contributed by atoms with van der Waals surface area (Å²) in [7, 11) is 3.22. The number of hydrogen-bond acceptors (Lipinski definition) is 11. The van der Waals surface area contributed by atoms with Crippen LogP contribution >= 0.6 is 15.9 Å². The highest BCUT2D eigenvalue weighted by atomic mass is 79.9. The molecule has 3 rings (SSSR count). The van der Waals surface area contributed by atoms with E-state index >= 15 is 0 Å². The van der Waals surface area contributed by atoms with Crippen LogP contribution < -0.4 is 31.2 Å². The molecule has 0 aliphatic rings. The van der Waals surface area contributed by atoms with Crippen molar-refractivity contribution in [1.82, 2.24) is 15.0 Å². The highest BCUT2D eigenvalue weighted by Crippen LogP contribution is 2.27. The van der Waals surface area contributed by atoms with Gasteiger partial charge in [0, 0.05) is 30.7 Å². The van der Waals surface area contributed by atoms with E-state index in [1.165, 1.54) is 0 Å². The number of hydrogen-bond donors (Lipinski definition) is 4. The molecule has 1 heterocycles. The normalized spacial score (nSPS) is 10.7. The zero-order valence-corrected chi connectivity index (χ0v) is 22.7. The molecule has 0 aliphatic carbocycles. The third-order valence-corrected chi connectivity index (χ3v) is 5.59. The molecule has 0 spiro atoms. The molecule has 3 aromatic rings. The van der Waals surface area contributed by atoms with Crippen LogP contribution in [-0.4, -0.2) is 68.7 Å². The zero-order chi connectivity index (χ0) is 26.3. The summed E-state index contributed by atoms with van der Waals surface area (Å²) < 4.78 is 22.6. The Kier molecular flexibility index (Phi) is 12.1. The molecule has 0 saturated carbocycles. The van der Waals surface area contributed by atoms with E-state index in [2.05, 4.69) is 46.8 Å². The number of ether oxygens (including phenoxy) is 4. The van der Waals surface area contributed by atoms with Crippen LogP contribution in [-0.2, 0) is 22.6 Å². The number of benzene rings is 2. The van der Waals surface area contributed by atoms with Gasteiger partial charge in [0.1, 0.15) is 0 Å². The summed E-state index contributed by atoms with van der Waals surface area (Å²) in [5.41, 5.74) is 7.49. The monoisotopic (exact) mass is 575 g/mol. The Morgan fingerprint density at radius 2 is 1.27 bits per heavy atom. The second kappa shape index (κ2) is 15.8. The molecular formula is C25H34BrN7O4. The Labute approximate surface area is 225 Å². The molecule has 0 unspecified atom stereocenters. The molecule has 0 fully saturated rings. The predicted octanol–water partition coefficient (Wildman–Crippen LogP) is 3.28. The van der Waals surface area contributed by atoms with E-state index in [-0.39, 0.29) is 0 Å². The van der Waals surface area contributed by atoms with Gasteiger partial charge in [-0.15, -0.1) is 0 Å². The van der Waals surface area contributed by atoms with Crippen molar-refractivity contribution >= 4 is 33.8 Å². The smallest absolute Gasteiger partial charge is 0.229 e. The van der Waals surface area contributed by atoms with Gasteiger partial charge in [0.25, 0.3) is 0 Å². The van der Waals surface area contributed by atoms with E-state index in [1.54, 1.807) is 14.2 Å². The van der Waals surface area contributed by atoms with Crippen LogP contribution in [0.15, 0.2) is 46.9 Å². The van der Waals surface area contributed by atoms with Crippen molar-refractivity contribution in [2.45, 2.75) is 13.1 Å². The Hall–Kier alpha value is -3.19. The largest absolute Gasteiger partial charge is 0.493 e. The maximum absolute atomic E-state index is 5.57. The van der Waals surface area contributed by atoms with Gasteiger partial charge in [0.05, 0.1) is 40.6 Å².